The number of carbonyl (C=O) groups is 2. The number of carboxylic acid groups (broad SMARTS) is 1. The molecule has 0 saturated heterocycles. The topological polar surface area (TPSA) is 95.5 Å². The predicted molar refractivity (Wildman–Crippen MR) is 69.9 cm³/mol. The van der Waals surface area contributed by atoms with Crippen molar-refractivity contribution in [2.75, 3.05) is 30.6 Å². The van der Waals surface area contributed by atoms with Gasteiger partial charge < -0.3 is 15.7 Å². The first kappa shape index (κ1) is 16.2. The van der Waals surface area contributed by atoms with Gasteiger partial charge in [-0.15, -0.1) is 0 Å². The molecule has 2 amide bonds. The van der Waals surface area contributed by atoms with Crippen LogP contribution in [0.15, 0.2) is 0 Å². The van der Waals surface area contributed by atoms with E-state index in [1.54, 1.807) is 0 Å². The van der Waals surface area contributed by atoms with Crippen molar-refractivity contribution in [2.45, 2.75) is 12.5 Å². The van der Waals surface area contributed by atoms with Gasteiger partial charge in [-0.2, -0.15) is 11.8 Å². The molecule has 8 heteroatoms. The molecule has 100 valence electrons. The molecule has 6 nitrogen and oxygen atoms in total. The SMILES string of the molecule is CSCCC(NC(=O)NCCS(C)=O)C(=O)O. The average molecular weight is 282 g/mol. The second kappa shape index (κ2) is 9.29. The van der Waals surface area contributed by atoms with Crippen LogP contribution in [-0.2, 0) is 15.6 Å². The van der Waals surface area contributed by atoms with Crippen LogP contribution < -0.4 is 10.6 Å². The predicted octanol–water partition coefficient (Wildman–Crippen LogP) is -0.130. The molecule has 0 heterocycles. The van der Waals surface area contributed by atoms with Gasteiger partial charge in [0.2, 0.25) is 0 Å². The smallest absolute Gasteiger partial charge is 0.326 e. The normalized spacial score (nSPS) is 13.8. The molecule has 0 aromatic rings. The molecular weight excluding hydrogens is 264 g/mol. The van der Waals surface area contributed by atoms with E-state index in [2.05, 4.69) is 10.6 Å². The molecule has 17 heavy (non-hydrogen) atoms. The van der Waals surface area contributed by atoms with Crippen LogP contribution in [0.4, 0.5) is 4.79 Å². The lowest BCUT2D eigenvalue weighted by atomic mass is 10.2. The van der Waals surface area contributed by atoms with Crippen molar-refractivity contribution >= 4 is 34.6 Å². The Kier molecular flexibility index (Phi) is 8.87. The molecule has 3 N–H and O–H groups in total. The fourth-order valence-corrected chi connectivity index (χ4v) is 1.87. The van der Waals surface area contributed by atoms with Crippen molar-refractivity contribution in [1.29, 1.82) is 0 Å². The van der Waals surface area contributed by atoms with Crippen molar-refractivity contribution in [1.82, 2.24) is 10.6 Å². The lowest BCUT2D eigenvalue weighted by Crippen LogP contribution is -2.47. The third kappa shape index (κ3) is 8.99. The minimum absolute atomic E-state index is 0.268. The van der Waals surface area contributed by atoms with E-state index in [1.807, 2.05) is 6.26 Å². The number of aliphatic carboxylic acids is 1. The van der Waals surface area contributed by atoms with Gasteiger partial charge in [-0.3, -0.25) is 4.21 Å². The fourth-order valence-electron chi connectivity index (χ4n) is 1.01. The molecule has 0 saturated carbocycles. The van der Waals surface area contributed by atoms with Crippen LogP contribution in [0.5, 0.6) is 0 Å². The number of amides is 2. The molecule has 0 bridgehead atoms. The van der Waals surface area contributed by atoms with E-state index in [9.17, 15) is 13.8 Å². The fraction of sp³-hybridized carbons (Fsp3) is 0.778. The number of thioether (sulfide) groups is 1. The Morgan fingerprint density at radius 1 is 1.47 bits per heavy atom. The summed E-state index contributed by atoms with van der Waals surface area (Å²) in [6.45, 7) is 0.268. The number of carboxylic acids is 1. The van der Waals surface area contributed by atoms with E-state index >= 15 is 0 Å². The molecule has 0 radical (unpaired) electrons. The number of nitrogens with one attached hydrogen (secondary N) is 2. The van der Waals surface area contributed by atoms with Gasteiger partial charge in [-0.05, 0) is 18.4 Å². The van der Waals surface area contributed by atoms with Gasteiger partial charge >= 0.3 is 12.0 Å². The second-order valence-electron chi connectivity index (χ2n) is 3.35. The summed E-state index contributed by atoms with van der Waals surface area (Å²) in [5, 5.41) is 13.7. The number of rotatable bonds is 8. The summed E-state index contributed by atoms with van der Waals surface area (Å²) in [4.78, 5) is 22.1. The molecule has 0 spiro atoms. The van der Waals surface area contributed by atoms with E-state index in [-0.39, 0.29) is 6.54 Å². The lowest BCUT2D eigenvalue weighted by molar-refractivity contribution is -0.139. The Bertz CT molecular complexity index is 286. The Morgan fingerprint density at radius 2 is 2.12 bits per heavy atom. The molecule has 0 aliphatic rings. The Hall–Kier alpha value is -0.760. The highest BCUT2D eigenvalue weighted by Crippen LogP contribution is 2.00. The zero-order chi connectivity index (χ0) is 13.3. The largest absolute Gasteiger partial charge is 0.480 e. The minimum atomic E-state index is -1.05. The van der Waals surface area contributed by atoms with E-state index < -0.39 is 28.8 Å². The highest BCUT2D eigenvalue weighted by molar-refractivity contribution is 7.98. The second-order valence-corrected chi connectivity index (χ2v) is 5.89. The van der Waals surface area contributed by atoms with Crippen LogP contribution in [0.3, 0.4) is 0 Å². The Balaban J connectivity index is 3.95. The molecule has 0 rings (SSSR count). The molecule has 2 unspecified atom stereocenters. The van der Waals surface area contributed by atoms with Crippen molar-refractivity contribution in [3.8, 4) is 0 Å². The average Bonchev–Trinajstić information content (AvgIpc) is 2.23. The molecule has 2 atom stereocenters. The van der Waals surface area contributed by atoms with Gasteiger partial charge in [0.05, 0.1) is 0 Å². The summed E-state index contributed by atoms with van der Waals surface area (Å²) in [5.41, 5.74) is 0. The standard InChI is InChI=1S/C9H18N2O4S2/c1-16-5-3-7(8(12)13)11-9(14)10-4-6-17(2)15/h7H,3-6H2,1-2H3,(H,12,13)(H2,10,11,14). The van der Waals surface area contributed by atoms with Gasteiger partial charge in [0.1, 0.15) is 6.04 Å². The highest BCUT2D eigenvalue weighted by atomic mass is 32.2. The van der Waals surface area contributed by atoms with E-state index in [4.69, 9.17) is 5.11 Å². The van der Waals surface area contributed by atoms with Crippen LogP contribution >= 0.6 is 11.8 Å². The van der Waals surface area contributed by atoms with Gasteiger partial charge in [0.25, 0.3) is 0 Å². The molecule has 0 aromatic carbocycles. The van der Waals surface area contributed by atoms with Gasteiger partial charge in [-0.1, -0.05) is 0 Å². The monoisotopic (exact) mass is 282 g/mol. The maximum absolute atomic E-state index is 11.3. The maximum atomic E-state index is 11.3. The number of carbonyl (C=O) groups excluding carboxylic acids is 1. The van der Waals surface area contributed by atoms with Gasteiger partial charge in [0, 0.05) is 29.4 Å². The summed E-state index contributed by atoms with van der Waals surface area (Å²) in [5.74, 6) is -0.0279. The molecule has 0 fully saturated rings. The van der Waals surface area contributed by atoms with Crippen molar-refractivity contribution in [3.05, 3.63) is 0 Å². The quantitative estimate of drug-likeness (QED) is 0.576. The molecule has 0 aromatic heterocycles. The number of hydrogen-bond acceptors (Lipinski definition) is 4. The third-order valence-electron chi connectivity index (χ3n) is 1.89. The first-order valence-electron chi connectivity index (χ1n) is 5.03. The first-order chi connectivity index (χ1) is 7.97. The van der Waals surface area contributed by atoms with E-state index in [1.165, 1.54) is 18.0 Å². The number of hydrogen-bond donors (Lipinski definition) is 3. The van der Waals surface area contributed by atoms with Crippen molar-refractivity contribution in [2.24, 2.45) is 0 Å². The summed E-state index contributed by atoms with van der Waals surface area (Å²) < 4.78 is 10.7. The Morgan fingerprint density at radius 3 is 2.59 bits per heavy atom. The molecule has 0 aliphatic heterocycles. The van der Waals surface area contributed by atoms with Crippen LogP contribution in [0, 0.1) is 0 Å². The van der Waals surface area contributed by atoms with Crippen LogP contribution in [-0.4, -0.2) is 57.9 Å². The third-order valence-corrected chi connectivity index (χ3v) is 3.31. The van der Waals surface area contributed by atoms with Crippen LogP contribution in [0.1, 0.15) is 6.42 Å². The maximum Gasteiger partial charge on any atom is 0.326 e. The summed E-state index contributed by atoms with van der Waals surface area (Å²) in [6.07, 6.45) is 3.79. The number of urea groups is 1. The van der Waals surface area contributed by atoms with Crippen LogP contribution in [0.25, 0.3) is 0 Å². The summed E-state index contributed by atoms with van der Waals surface area (Å²) >= 11 is 1.52. The molecule has 0 aliphatic carbocycles. The zero-order valence-electron chi connectivity index (χ0n) is 9.89. The molecular formula is C9H18N2O4S2. The van der Waals surface area contributed by atoms with Gasteiger partial charge in [-0.25, -0.2) is 9.59 Å². The highest BCUT2D eigenvalue weighted by Gasteiger charge is 2.18. The zero-order valence-corrected chi connectivity index (χ0v) is 11.5. The summed E-state index contributed by atoms with van der Waals surface area (Å²) in [6, 6.07) is -1.42. The van der Waals surface area contributed by atoms with Crippen LogP contribution in [0.2, 0.25) is 0 Å². The minimum Gasteiger partial charge on any atom is -0.480 e. The lowest BCUT2D eigenvalue weighted by Gasteiger charge is -2.14. The van der Waals surface area contributed by atoms with E-state index in [0.717, 1.165) is 0 Å². The van der Waals surface area contributed by atoms with Crippen molar-refractivity contribution < 1.29 is 18.9 Å². The van der Waals surface area contributed by atoms with Crippen molar-refractivity contribution in [3.63, 3.8) is 0 Å². The van der Waals surface area contributed by atoms with E-state index in [0.29, 0.717) is 17.9 Å². The first-order valence-corrected chi connectivity index (χ1v) is 8.15. The Labute approximate surface area is 107 Å². The summed E-state index contributed by atoms with van der Waals surface area (Å²) in [7, 11) is -0.970. The van der Waals surface area contributed by atoms with Gasteiger partial charge in [0.15, 0.2) is 0 Å².